The van der Waals surface area contributed by atoms with Crippen molar-refractivity contribution < 1.29 is 0 Å². The molecule has 17 heavy (non-hydrogen) atoms. The van der Waals surface area contributed by atoms with Crippen LogP contribution in [0.15, 0.2) is 46.9 Å². The molecule has 0 unspecified atom stereocenters. The number of hydrogen-bond donors (Lipinski definition) is 1. The average molecular weight is 308 g/mol. The van der Waals surface area contributed by atoms with Crippen molar-refractivity contribution in [2.45, 2.75) is 0 Å². The molecule has 2 nitrogen and oxygen atoms in total. The molecule has 0 aliphatic carbocycles. The smallest absolute Gasteiger partial charge is 0.103 e. The van der Waals surface area contributed by atoms with Gasteiger partial charge in [0.15, 0.2) is 0 Å². The minimum Gasteiger partial charge on any atom is -0.354 e. The monoisotopic (exact) mass is 306 g/mol. The van der Waals surface area contributed by atoms with Crippen LogP contribution in [0.1, 0.15) is 5.56 Å². The lowest BCUT2D eigenvalue weighted by molar-refractivity contribution is 1.44. The highest BCUT2D eigenvalue weighted by Gasteiger charge is 2.05. The van der Waals surface area contributed by atoms with Crippen LogP contribution in [0.5, 0.6) is 0 Å². The Labute approximate surface area is 113 Å². The van der Waals surface area contributed by atoms with Crippen LogP contribution < -0.4 is 5.32 Å². The standard InChI is InChI=1S/C13H8BrClN2/c14-12-5-2-6-13(11(12)8-16)17-10-4-1-3-9(15)7-10/h1-7,17H. The van der Waals surface area contributed by atoms with Crippen LogP contribution in [0.2, 0.25) is 5.02 Å². The van der Waals surface area contributed by atoms with Crippen LogP contribution in [0.25, 0.3) is 0 Å². The summed E-state index contributed by atoms with van der Waals surface area (Å²) < 4.78 is 0.770. The fourth-order valence-electron chi connectivity index (χ4n) is 1.46. The summed E-state index contributed by atoms with van der Waals surface area (Å²) in [6.45, 7) is 0. The second-order valence-corrected chi connectivity index (χ2v) is 4.70. The van der Waals surface area contributed by atoms with Crippen LogP contribution in [0, 0.1) is 11.3 Å². The first-order valence-corrected chi connectivity index (χ1v) is 6.09. The van der Waals surface area contributed by atoms with Crippen molar-refractivity contribution in [3.8, 4) is 6.07 Å². The number of halogens is 2. The van der Waals surface area contributed by atoms with Gasteiger partial charge in [-0.05, 0) is 46.3 Å². The summed E-state index contributed by atoms with van der Waals surface area (Å²) in [6, 6.07) is 15.1. The van der Waals surface area contributed by atoms with Gasteiger partial charge in [0.05, 0.1) is 11.3 Å². The van der Waals surface area contributed by atoms with E-state index in [9.17, 15) is 0 Å². The second-order valence-electron chi connectivity index (χ2n) is 3.41. The largest absolute Gasteiger partial charge is 0.354 e. The molecule has 0 aliphatic rings. The third kappa shape index (κ3) is 2.79. The molecule has 0 saturated heterocycles. The molecule has 4 heteroatoms. The molecule has 84 valence electrons. The molecule has 2 rings (SSSR count). The van der Waals surface area contributed by atoms with Gasteiger partial charge in [-0.15, -0.1) is 0 Å². The molecule has 1 N–H and O–H groups in total. The molecule has 0 heterocycles. The van der Waals surface area contributed by atoms with E-state index in [1.807, 2.05) is 36.4 Å². The van der Waals surface area contributed by atoms with Crippen LogP contribution in [-0.2, 0) is 0 Å². The van der Waals surface area contributed by atoms with E-state index < -0.39 is 0 Å². The SMILES string of the molecule is N#Cc1c(Br)cccc1Nc1cccc(Cl)c1. The minimum absolute atomic E-state index is 0.576. The molecule has 0 atom stereocenters. The summed E-state index contributed by atoms with van der Waals surface area (Å²) in [5.74, 6) is 0. The van der Waals surface area contributed by atoms with Crippen LogP contribution >= 0.6 is 27.5 Å². The van der Waals surface area contributed by atoms with Gasteiger partial charge in [0.2, 0.25) is 0 Å². The minimum atomic E-state index is 0.576. The van der Waals surface area contributed by atoms with Gasteiger partial charge in [-0.3, -0.25) is 0 Å². The lowest BCUT2D eigenvalue weighted by Gasteiger charge is -2.09. The fraction of sp³-hybridized carbons (Fsp3) is 0. The van der Waals surface area contributed by atoms with Gasteiger partial charge in [-0.25, -0.2) is 0 Å². The quantitative estimate of drug-likeness (QED) is 0.871. The Morgan fingerprint density at radius 1 is 1.18 bits per heavy atom. The molecular weight excluding hydrogens is 300 g/mol. The fourth-order valence-corrected chi connectivity index (χ4v) is 2.11. The summed E-state index contributed by atoms with van der Waals surface area (Å²) in [4.78, 5) is 0. The van der Waals surface area contributed by atoms with Gasteiger partial charge in [-0.2, -0.15) is 5.26 Å². The summed E-state index contributed by atoms with van der Waals surface area (Å²) in [5, 5.41) is 12.9. The number of nitriles is 1. The van der Waals surface area contributed by atoms with E-state index in [1.54, 1.807) is 6.07 Å². The molecule has 2 aromatic rings. The molecule has 2 aromatic carbocycles. The van der Waals surface area contributed by atoms with E-state index in [0.717, 1.165) is 15.8 Å². The molecule has 0 spiro atoms. The van der Waals surface area contributed by atoms with E-state index in [1.165, 1.54) is 0 Å². The maximum Gasteiger partial charge on any atom is 0.103 e. The molecule has 0 bridgehead atoms. The normalized spacial score (nSPS) is 9.71. The van der Waals surface area contributed by atoms with Crippen LogP contribution in [-0.4, -0.2) is 0 Å². The number of rotatable bonds is 2. The molecule has 0 aliphatic heterocycles. The lowest BCUT2D eigenvalue weighted by Crippen LogP contribution is -1.94. The Kier molecular flexibility index (Phi) is 3.68. The molecule has 0 aromatic heterocycles. The van der Waals surface area contributed by atoms with Crippen molar-refractivity contribution in [2.75, 3.05) is 5.32 Å². The van der Waals surface area contributed by atoms with Crippen molar-refractivity contribution in [3.63, 3.8) is 0 Å². The van der Waals surface area contributed by atoms with Crippen molar-refractivity contribution in [3.05, 3.63) is 57.5 Å². The first kappa shape index (κ1) is 12.0. The van der Waals surface area contributed by atoms with Crippen molar-refractivity contribution in [2.24, 2.45) is 0 Å². The highest BCUT2D eigenvalue weighted by atomic mass is 79.9. The van der Waals surface area contributed by atoms with Crippen molar-refractivity contribution in [1.82, 2.24) is 0 Å². The lowest BCUT2D eigenvalue weighted by atomic mass is 10.2. The molecule has 0 saturated carbocycles. The van der Waals surface area contributed by atoms with E-state index in [-0.39, 0.29) is 0 Å². The summed E-state index contributed by atoms with van der Waals surface area (Å²) in [7, 11) is 0. The van der Waals surface area contributed by atoms with Gasteiger partial charge in [0, 0.05) is 15.2 Å². The van der Waals surface area contributed by atoms with E-state index in [4.69, 9.17) is 16.9 Å². The zero-order chi connectivity index (χ0) is 12.3. The third-order valence-corrected chi connectivity index (χ3v) is 3.12. The highest BCUT2D eigenvalue weighted by molar-refractivity contribution is 9.10. The van der Waals surface area contributed by atoms with Gasteiger partial charge >= 0.3 is 0 Å². The van der Waals surface area contributed by atoms with E-state index in [0.29, 0.717) is 10.6 Å². The van der Waals surface area contributed by atoms with Crippen LogP contribution in [0.4, 0.5) is 11.4 Å². The molecule has 0 amide bonds. The van der Waals surface area contributed by atoms with Crippen molar-refractivity contribution in [1.29, 1.82) is 5.26 Å². The molecular formula is C13H8BrClN2. The van der Waals surface area contributed by atoms with Gasteiger partial charge in [0.25, 0.3) is 0 Å². The Morgan fingerprint density at radius 2 is 1.94 bits per heavy atom. The Hall–Kier alpha value is -1.50. The first-order chi connectivity index (χ1) is 8.20. The predicted molar refractivity (Wildman–Crippen MR) is 73.6 cm³/mol. The first-order valence-electron chi connectivity index (χ1n) is 4.92. The average Bonchev–Trinajstić information content (AvgIpc) is 2.29. The number of benzene rings is 2. The van der Waals surface area contributed by atoms with Crippen molar-refractivity contribution >= 4 is 38.9 Å². The Morgan fingerprint density at radius 3 is 2.65 bits per heavy atom. The molecule has 0 radical (unpaired) electrons. The molecule has 0 fully saturated rings. The maximum absolute atomic E-state index is 9.09. The zero-order valence-corrected chi connectivity index (χ0v) is 11.1. The van der Waals surface area contributed by atoms with E-state index in [2.05, 4.69) is 27.3 Å². The van der Waals surface area contributed by atoms with Crippen LogP contribution in [0.3, 0.4) is 0 Å². The summed E-state index contributed by atoms with van der Waals surface area (Å²) in [5.41, 5.74) is 2.18. The Balaban J connectivity index is 2.37. The highest BCUT2D eigenvalue weighted by Crippen LogP contribution is 2.27. The van der Waals surface area contributed by atoms with Gasteiger partial charge < -0.3 is 5.32 Å². The van der Waals surface area contributed by atoms with E-state index >= 15 is 0 Å². The number of anilines is 2. The number of nitrogens with zero attached hydrogens (tertiary/aromatic N) is 1. The third-order valence-electron chi connectivity index (χ3n) is 2.23. The van der Waals surface area contributed by atoms with Gasteiger partial charge in [0.1, 0.15) is 6.07 Å². The summed E-state index contributed by atoms with van der Waals surface area (Å²) in [6.07, 6.45) is 0. The maximum atomic E-state index is 9.09. The number of hydrogen-bond acceptors (Lipinski definition) is 2. The topological polar surface area (TPSA) is 35.8 Å². The van der Waals surface area contributed by atoms with Gasteiger partial charge in [-0.1, -0.05) is 23.7 Å². The summed E-state index contributed by atoms with van der Waals surface area (Å²) >= 11 is 9.25. The second kappa shape index (κ2) is 5.22. The number of nitrogens with one attached hydrogen (secondary N) is 1. The zero-order valence-electron chi connectivity index (χ0n) is 8.74. The Bertz CT molecular complexity index is 590. The predicted octanol–water partition coefficient (Wildman–Crippen LogP) is 4.72.